The molecule has 2 heterocycles. The zero-order chi connectivity index (χ0) is 17.9. The quantitative estimate of drug-likeness (QED) is 0.691. The normalized spacial score (nSPS) is 13.2. The summed E-state index contributed by atoms with van der Waals surface area (Å²) in [6.45, 7) is 2.70. The molecule has 26 heavy (non-hydrogen) atoms. The van der Waals surface area contributed by atoms with Gasteiger partial charge in [-0.25, -0.2) is 9.78 Å². The number of rotatable bonds is 3. The Morgan fingerprint density at radius 2 is 2.00 bits per heavy atom. The van der Waals surface area contributed by atoms with Gasteiger partial charge in [0.05, 0.1) is 6.20 Å². The van der Waals surface area contributed by atoms with Crippen LogP contribution in [-0.4, -0.2) is 17.6 Å². The monoisotopic (exact) mass is 365 g/mol. The Morgan fingerprint density at radius 1 is 1.19 bits per heavy atom. The Labute approximate surface area is 156 Å². The first-order valence-corrected chi connectivity index (χ1v) is 9.38. The van der Waals surface area contributed by atoms with Crippen molar-refractivity contribution in [2.75, 3.05) is 16.8 Å². The van der Waals surface area contributed by atoms with Crippen molar-refractivity contribution in [3.8, 4) is 10.8 Å². The van der Waals surface area contributed by atoms with Crippen LogP contribution in [0.2, 0.25) is 0 Å². The highest BCUT2D eigenvalue weighted by Crippen LogP contribution is 2.33. The van der Waals surface area contributed by atoms with Crippen molar-refractivity contribution in [2.45, 2.75) is 19.8 Å². The zero-order valence-corrected chi connectivity index (χ0v) is 15.3. The molecule has 0 spiro atoms. The number of nitrogens with zero attached hydrogens (tertiary/aromatic N) is 2. The molecule has 2 amide bonds. The topological polar surface area (TPSA) is 54.5 Å². The van der Waals surface area contributed by atoms with Crippen LogP contribution >= 0.6 is 11.3 Å². The highest BCUT2D eigenvalue weighted by Gasteiger charge is 2.23. The Kier molecular flexibility index (Phi) is 4.58. The SMILES string of the molecule is Cc1ccccc1Oc1cnc(NC(=O)N2CCCc3ccccc32)s1. The van der Waals surface area contributed by atoms with Gasteiger partial charge in [-0.05, 0) is 43.0 Å². The average molecular weight is 365 g/mol. The van der Waals surface area contributed by atoms with Gasteiger partial charge in [-0.15, -0.1) is 0 Å². The third-order valence-corrected chi connectivity index (χ3v) is 5.15. The molecule has 0 saturated heterocycles. The lowest BCUT2D eigenvalue weighted by Gasteiger charge is -2.29. The van der Waals surface area contributed by atoms with Crippen molar-refractivity contribution >= 4 is 28.2 Å². The van der Waals surface area contributed by atoms with Crippen molar-refractivity contribution in [1.82, 2.24) is 4.98 Å². The zero-order valence-electron chi connectivity index (χ0n) is 14.4. The summed E-state index contributed by atoms with van der Waals surface area (Å²) in [5.74, 6) is 0.791. The molecule has 0 aliphatic carbocycles. The second kappa shape index (κ2) is 7.17. The van der Waals surface area contributed by atoms with E-state index in [9.17, 15) is 4.79 Å². The van der Waals surface area contributed by atoms with Crippen LogP contribution in [0.15, 0.2) is 54.7 Å². The molecule has 5 nitrogen and oxygen atoms in total. The number of aryl methyl sites for hydroxylation is 2. The predicted octanol–water partition coefficient (Wildman–Crippen LogP) is 5.23. The summed E-state index contributed by atoms with van der Waals surface area (Å²) in [6, 6.07) is 15.7. The fraction of sp³-hybridized carbons (Fsp3) is 0.200. The van der Waals surface area contributed by atoms with Crippen LogP contribution in [0.1, 0.15) is 17.5 Å². The molecule has 4 rings (SSSR count). The van der Waals surface area contributed by atoms with E-state index in [2.05, 4.69) is 16.4 Å². The number of nitrogens with one attached hydrogen (secondary N) is 1. The molecule has 0 fully saturated rings. The Balaban J connectivity index is 1.46. The molecular weight excluding hydrogens is 346 g/mol. The molecule has 1 aliphatic heterocycles. The number of ether oxygens (including phenoxy) is 1. The molecule has 0 saturated carbocycles. The van der Waals surface area contributed by atoms with E-state index in [0.29, 0.717) is 16.7 Å². The van der Waals surface area contributed by atoms with E-state index in [1.165, 1.54) is 16.9 Å². The summed E-state index contributed by atoms with van der Waals surface area (Å²) in [5, 5.41) is 4.06. The lowest BCUT2D eigenvalue weighted by atomic mass is 10.0. The predicted molar refractivity (Wildman–Crippen MR) is 104 cm³/mol. The maximum Gasteiger partial charge on any atom is 0.328 e. The number of fused-ring (bicyclic) bond motifs is 1. The van der Waals surface area contributed by atoms with E-state index in [1.807, 2.05) is 49.4 Å². The van der Waals surface area contributed by atoms with Gasteiger partial charge in [0.2, 0.25) is 5.06 Å². The van der Waals surface area contributed by atoms with Gasteiger partial charge in [-0.2, -0.15) is 0 Å². The second-order valence-electron chi connectivity index (χ2n) is 6.17. The minimum atomic E-state index is -0.158. The van der Waals surface area contributed by atoms with Crippen LogP contribution in [0, 0.1) is 6.92 Å². The van der Waals surface area contributed by atoms with Crippen LogP contribution in [-0.2, 0) is 6.42 Å². The van der Waals surface area contributed by atoms with Gasteiger partial charge in [0.1, 0.15) is 5.75 Å². The highest BCUT2D eigenvalue weighted by molar-refractivity contribution is 7.17. The fourth-order valence-corrected chi connectivity index (χ4v) is 3.72. The summed E-state index contributed by atoms with van der Waals surface area (Å²) in [4.78, 5) is 18.7. The van der Waals surface area contributed by atoms with E-state index in [1.54, 1.807) is 11.1 Å². The number of amides is 2. The summed E-state index contributed by atoms with van der Waals surface area (Å²) >= 11 is 1.32. The van der Waals surface area contributed by atoms with Crippen LogP contribution in [0.4, 0.5) is 15.6 Å². The number of para-hydroxylation sites is 2. The van der Waals surface area contributed by atoms with Crippen molar-refractivity contribution in [1.29, 1.82) is 0 Å². The van der Waals surface area contributed by atoms with E-state index in [0.717, 1.165) is 29.8 Å². The van der Waals surface area contributed by atoms with Gasteiger partial charge in [0, 0.05) is 12.2 Å². The Bertz CT molecular complexity index is 938. The standard InChI is InChI=1S/C20H19N3O2S/c1-14-7-2-5-11-17(14)25-18-13-21-19(26-18)22-20(24)23-12-6-9-15-8-3-4-10-16(15)23/h2-5,7-8,10-11,13H,6,9,12H2,1H3,(H,21,22,24). The van der Waals surface area contributed by atoms with Crippen LogP contribution < -0.4 is 15.0 Å². The molecule has 0 bridgehead atoms. The van der Waals surface area contributed by atoms with Gasteiger partial charge in [0.25, 0.3) is 0 Å². The van der Waals surface area contributed by atoms with E-state index < -0.39 is 0 Å². The van der Waals surface area contributed by atoms with Crippen LogP contribution in [0.5, 0.6) is 10.8 Å². The Hall–Kier alpha value is -2.86. The van der Waals surface area contributed by atoms with E-state index >= 15 is 0 Å². The number of anilines is 2. The van der Waals surface area contributed by atoms with Crippen LogP contribution in [0.3, 0.4) is 0 Å². The third kappa shape index (κ3) is 3.41. The largest absolute Gasteiger partial charge is 0.445 e. The van der Waals surface area contributed by atoms with Gasteiger partial charge in [0.15, 0.2) is 5.13 Å². The molecule has 132 valence electrons. The highest BCUT2D eigenvalue weighted by atomic mass is 32.1. The average Bonchev–Trinajstić information content (AvgIpc) is 3.10. The summed E-state index contributed by atoms with van der Waals surface area (Å²) in [6.07, 6.45) is 3.60. The maximum atomic E-state index is 12.7. The number of carbonyl (C=O) groups is 1. The molecule has 0 atom stereocenters. The lowest BCUT2D eigenvalue weighted by molar-refractivity contribution is 0.256. The Morgan fingerprint density at radius 3 is 2.88 bits per heavy atom. The number of hydrogen-bond acceptors (Lipinski definition) is 4. The summed E-state index contributed by atoms with van der Waals surface area (Å²) < 4.78 is 5.86. The number of aromatic nitrogens is 1. The smallest absolute Gasteiger partial charge is 0.328 e. The van der Waals surface area contributed by atoms with Gasteiger partial charge in [-0.3, -0.25) is 10.2 Å². The molecule has 0 radical (unpaired) electrons. The van der Waals surface area contributed by atoms with E-state index in [4.69, 9.17) is 4.74 Å². The lowest BCUT2D eigenvalue weighted by Crippen LogP contribution is -2.38. The summed E-state index contributed by atoms with van der Waals surface area (Å²) in [5.41, 5.74) is 3.23. The van der Waals surface area contributed by atoms with Crippen molar-refractivity contribution in [3.63, 3.8) is 0 Å². The van der Waals surface area contributed by atoms with Crippen molar-refractivity contribution < 1.29 is 9.53 Å². The first-order valence-electron chi connectivity index (χ1n) is 8.56. The second-order valence-corrected chi connectivity index (χ2v) is 7.16. The maximum absolute atomic E-state index is 12.7. The molecular formula is C20H19N3O2S. The fourth-order valence-electron chi connectivity index (χ4n) is 3.05. The first kappa shape index (κ1) is 16.6. The number of thiazole rings is 1. The first-order chi connectivity index (χ1) is 12.7. The molecule has 0 unspecified atom stereocenters. The molecule has 6 heteroatoms. The number of hydrogen-bond donors (Lipinski definition) is 1. The van der Waals surface area contributed by atoms with Crippen molar-refractivity contribution in [3.05, 3.63) is 65.9 Å². The molecule has 3 aromatic rings. The van der Waals surface area contributed by atoms with Gasteiger partial charge in [-0.1, -0.05) is 47.7 Å². The molecule has 2 aromatic carbocycles. The van der Waals surface area contributed by atoms with Gasteiger partial charge >= 0.3 is 6.03 Å². The number of urea groups is 1. The van der Waals surface area contributed by atoms with E-state index in [-0.39, 0.29) is 6.03 Å². The minimum Gasteiger partial charge on any atom is -0.445 e. The minimum absolute atomic E-state index is 0.158. The molecule has 1 aliphatic rings. The third-order valence-electron chi connectivity index (χ3n) is 4.36. The number of benzene rings is 2. The van der Waals surface area contributed by atoms with Gasteiger partial charge < -0.3 is 4.74 Å². The summed E-state index contributed by atoms with van der Waals surface area (Å²) in [7, 11) is 0. The number of carbonyl (C=O) groups excluding carboxylic acids is 1. The van der Waals surface area contributed by atoms with Crippen molar-refractivity contribution in [2.24, 2.45) is 0 Å². The molecule has 1 N–H and O–H groups in total. The molecule has 1 aromatic heterocycles. The van der Waals surface area contributed by atoms with Crippen LogP contribution in [0.25, 0.3) is 0 Å².